The maximum Gasteiger partial charge on any atom is 0.242 e. The van der Waals surface area contributed by atoms with Crippen molar-refractivity contribution in [2.75, 3.05) is 0 Å². The molecule has 1 fully saturated rings. The molecule has 1 saturated carbocycles. The molecule has 1 atom stereocenters. The molecule has 0 aromatic heterocycles. The SMILES string of the molecule is CCCC(=O)N(Cc1ccc(Cl)cc1)[C@H](C)C(=O)NC1CCCC1. The lowest BCUT2D eigenvalue weighted by Gasteiger charge is -2.29. The molecular formula is C19H27ClN2O2. The molecule has 1 N–H and O–H groups in total. The highest BCUT2D eigenvalue weighted by molar-refractivity contribution is 6.30. The zero-order valence-corrected chi connectivity index (χ0v) is 15.3. The highest BCUT2D eigenvalue weighted by Crippen LogP contribution is 2.19. The molecule has 0 saturated heterocycles. The summed E-state index contributed by atoms with van der Waals surface area (Å²) in [7, 11) is 0. The van der Waals surface area contributed by atoms with E-state index in [1.165, 1.54) is 12.8 Å². The largest absolute Gasteiger partial charge is 0.352 e. The van der Waals surface area contributed by atoms with Gasteiger partial charge in [0.1, 0.15) is 6.04 Å². The summed E-state index contributed by atoms with van der Waals surface area (Å²) in [6, 6.07) is 7.20. The maximum atomic E-state index is 12.6. The monoisotopic (exact) mass is 350 g/mol. The maximum absolute atomic E-state index is 12.6. The first kappa shape index (κ1) is 18.8. The summed E-state index contributed by atoms with van der Waals surface area (Å²) in [6.45, 7) is 4.21. The lowest BCUT2D eigenvalue weighted by molar-refractivity contribution is -0.140. The molecule has 0 bridgehead atoms. The number of benzene rings is 1. The molecule has 0 radical (unpaired) electrons. The van der Waals surface area contributed by atoms with Gasteiger partial charge in [0.25, 0.3) is 0 Å². The van der Waals surface area contributed by atoms with Crippen molar-refractivity contribution in [3.63, 3.8) is 0 Å². The fourth-order valence-electron chi connectivity index (χ4n) is 3.12. The van der Waals surface area contributed by atoms with E-state index in [4.69, 9.17) is 11.6 Å². The van der Waals surface area contributed by atoms with Crippen molar-refractivity contribution in [2.24, 2.45) is 0 Å². The summed E-state index contributed by atoms with van der Waals surface area (Å²) in [5, 5.41) is 3.76. The molecule has 0 aliphatic heterocycles. The fraction of sp³-hybridized carbons (Fsp3) is 0.579. The van der Waals surface area contributed by atoms with Crippen molar-refractivity contribution in [2.45, 2.75) is 71.0 Å². The minimum Gasteiger partial charge on any atom is -0.352 e. The van der Waals surface area contributed by atoms with Crippen LogP contribution in [0.25, 0.3) is 0 Å². The van der Waals surface area contributed by atoms with Crippen LogP contribution in [0.4, 0.5) is 0 Å². The first-order valence-corrected chi connectivity index (χ1v) is 9.23. The van der Waals surface area contributed by atoms with Crippen molar-refractivity contribution in [1.29, 1.82) is 0 Å². The van der Waals surface area contributed by atoms with Crippen LogP contribution in [0.1, 0.15) is 57.9 Å². The average molecular weight is 351 g/mol. The second kappa shape index (κ2) is 9.07. The second-order valence-electron chi connectivity index (χ2n) is 6.56. The molecule has 1 aliphatic rings. The van der Waals surface area contributed by atoms with Gasteiger partial charge in [0.15, 0.2) is 0 Å². The van der Waals surface area contributed by atoms with Crippen LogP contribution in [-0.4, -0.2) is 28.8 Å². The highest BCUT2D eigenvalue weighted by atomic mass is 35.5. The van der Waals surface area contributed by atoms with Crippen LogP contribution in [0.5, 0.6) is 0 Å². The van der Waals surface area contributed by atoms with Crippen molar-refractivity contribution in [3.8, 4) is 0 Å². The van der Waals surface area contributed by atoms with Crippen molar-refractivity contribution < 1.29 is 9.59 Å². The van der Waals surface area contributed by atoms with Gasteiger partial charge in [-0.05, 0) is 43.9 Å². The van der Waals surface area contributed by atoms with Gasteiger partial charge in [0, 0.05) is 24.0 Å². The molecule has 2 rings (SSSR count). The van der Waals surface area contributed by atoms with Crippen LogP contribution in [-0.2, 0) is 16.1 Å². The first-order valence-electron chi connectivity index (χ1n) is 8.85. The summed E-state index contributed by atoms with van der Waals surface area (Å²) >= 11 is 5.92. The van der Waals surface area contributed by atoms with E-state index in [9.17, 15) is 9.59 Å². The summed E-state index contributed by atoms with van der Waals surface area (Å²) in [5.74, 6) is -0.0400. The van der Waals surface area contributed by atoms with Gasteiger partial charge in [-0.25, -0.2) is 0 Å². The zero-order chi connectivity index (χ0) is 17.5. The quantitative estimate of drug-likeness (QED) is 0.810. The third kappa shape index (κ3) is 5.23. The first-order chi connectivity index (χ1) is 11.5. The summed E-state index contributed by atoms with van der Waals surface area (Å²) in [6.07, 6.45) is 5.64. The third-order valence-corrected chi connectivity index (χ3v) is 4.85. The summed E-state index contributed by atoms with van der Waals surface area (Å²) < 4.78 is 0. The Hall–Kier alpha value is -1.55. The van der Waals surface area contributed by atoms with Crippen molar-refractivity contribution in [1.82, 2.24) is 10.2 Å². The highest BCUT2D eigenvalue weighted by Gasteiger charge is 2.27. The van der Waals surface area contributed by atoms with Gasteiger partial charge in [-0.2, -0.15) is 0 Å². The number of rotatable bonds is 7. The Morgan fingerprint density at radius 3 is 2.46 bits per heavy atom. The molecule has 0 heterocycles. The van der Waals surface area contributed by atoms with E-state index in [2.05, 4.69) is 5.32 Å². The number of nitrogens with zero attached hydrogens (tertiary/aromatic N) is 1. The van der Waals surface area contributed by atoms with Gasteiger partial charge < -0.3 is 10.2 Å². The Bertz CT molecular complexity index is 553. The summed E-state index contributed by atoms with van der Waals surface area (Å²) in [5.41, 5.74) is 0.976. The number of carbonyl (C=O) groups is 2. The number of carbonyl (C=O) groups excluding carboxylic acids is 2. The van der Waals surface area contributed by atoms with Crippen LogP contribution in [0, 0.1) is 0 Å². The van der Waals surface area contributed by atoms with Crippen LogP contribution >= 0.6 is 11.6 Å². The normalized spacial score (nSPS) is 16.0. The van der Waals surface area contributed by atoms with Crippen molar-refractivity contribution >= 4 is 23.4 Å². The number of halogens is 1. The number of hydrogen-bond acceptors (Lipinski definition) is 2. The standard InChI is InChI=1S/C19H27ClN2O2/c1-3-6-18(23)22(13-15-9-11-16(20)12-10-15)14(2)19(24)21-17-7-4-5-8-17/h9-12,14,17H,3-8,13H2,1-2H3,(H,21,24)/t14-/m1/s1. The fourth-order valence-corrected chi connectivity index (χ4v) is 3.24. The minimum atomic E-state index is -0.472. The van der Waals surface area contributed by atoms with E-state index < -0.39 is 6.04 Å². The molecule has 132 valence electrons. The van der Waals surface area contributed by atoms with Crippen LogP contribution in [0.3, 0.4) is 0 Å². The number of amides is 2. The van der Waals surface area contributed by atoms with Gasteiger partial charge >= 0.3 is 0 Å². The Labute approximate surface area is 149 Å². The van der Waals surface area contributed by atoms with E-state index in [1.807, 2.05) is 38.1 Å². The Morgan fingerprint density at radius 1 is 1.25 bits per heavy atom. The molecule has 0 unspecified atom stereocenters. The zero-order valence-electron chi connectivity index (χ0n) is 14.6. The van der Waals surface area contributed by atoms with Crippen LogP contribution in [0.2, 0.25) is 5.02 Å². The predicted octanol–water partition coefficient (Wildman–Crippen LogP) is 3.92. The van der Waals surface area contributed by atoms with Crippen molar-refractivity contribution in [3.05, 3.63) is 34.9 Å². The molecule has 2 amide bonds. The Morgan fingerprint density at radius 2 is 1.88 bits per heavy atom. The van der Waals surface area contributed by atoms with E-state index in [-0.39, 0.29) is 17.9 Å². The molecule has 5 heteroatoms. The van der Waals surface area contributed by atoms with Gasteiger partial charge in [0.05, 0.1) is 0 Å². The molecule has 1 aromatic rings. The number of nitrogens with one attached hydrogen (secondary N) is 1. The molecule has 1 aromatic carbocycles. The van der Waals surface area contributed by atoms with Gasteiger partial charge in [-0.15, -0.1) is 0 Å². The minimum absolute atomic E-state index is 0.0153. The lowest BCUT2D eigenvalue weighted by Crippen LogP contribution is -2.49. The number of hydrogen-bond donors (Lipinski definition) is 1. The topological polar surface area (TPSA) is 49.4 Å². The smallest absolute Gasteiger partial charge is 0.242 e. The third-order valence-electron chi connectivity index (χ3n) is 4.60. The van der Waals surface area contributed by atoms with E-state index in [1.54, 1.807) is 4.90 Å². The van der Waals surface area contributed by atoms with Gasteiger partial charge in [-0.3, -0.25) is 9.59 Å². The molecule has 1 aliphatic carbocycles. The van der Waals surface area contributed by atoms with Crippen LogP contribution in [0.15, 0.2) is 24.3 Å². The molecule has 4 nitrogen and oxygen atoms in total. The van der Waals surface area contributed by atoms with E-state index >= 15 is 0 Å². The van der Waals surface area contributed by atoms with E-state index in [0.29, 0.717) is 18.0 Å². The predicted molar refractivity (Wildman–Crippen MR) is 96.8 cm³/mol. The Balaban J connectivity index is 2.06. The lowest BCUT2D eigenvalue weighted by atomic mass is 10.1. The Kier molecular flexibility index (Phi) is 7.10. The van der Waals surface area contributed by atoms with Gasteiger partial charge in [-0.1, -0.05) is 43.5 Å². The second-order valence-corrected chi connectivity index (χ2v) is 7.00. The molecule has 24 heavy (non-hydrogen) atoms. The van der Waals surface area contributed by atoms with Gasteiger partial charge in [0.2, 0.25) is 11.8 Å². The average Bonchev–Trinajstić information content (AvgIpc) is 3.06. The molecular weight excluding hydrogens is 324 g/mol. The van der Waals surface area contributed by atoms with E-state index in [0.717, 1.165) is 24.8 Å². The summed E-state index contributed by atoms with van der Waals surface area (Å²) in [4.78, 5) is 26.8. The molecule has 0 spiro atoms. The van der Waals surface area contributed by atoms with Crippen LogP contribution < -0.4 is 5.32 Å².